The van der Waals surface area contributed by atoms with Crippen LogP contribution in [-0.2, 0) is 0 Å². The highest BCUT2D eigenvalue weighted by molar-refractivity contribution is 8.01. The van der Waals surface area contributed by atoms with E-state index in [4.69, 9.17) is 16.3 Å². The van der Waals surface area contributed by atoms with Gasteiger partial charge in [0.05, 0.1) is 17.9 Å². The van der Waals surface area contributed by atoms with Crippen LogP contribution in [0.15, 0.2) is 34.1 Å². The highest BCUT2D eigenvalue weighted by Crippen LogP contribution is 2.26. The molecular formula is C12H10ClNO2S2. The van der Waals surface area contributed by atoms with Crippen LogP contribution in [0, 0.1) is 0 Å². The monoisotopic (exact) mass is 299 g/mol. The van der Waals surface area contributed by atoms with Gasteiger partial charge in [0.2, 0.25) is 0 Å². The van der Waals surface area contributed by atoms with Gasteiger partial charge < -0.3 is 4.74 Å². The van der Waals surface area contributed by atoms with Crippen molar-refractivity contribution in [2.75, 3.05) is 12.9 Å². The molecule has 0 spiro atoms. The average Bonchev–Trinajstić information content (AvgIpc) is 2.89. The van der Waals surface area contributed by atoms with Crippen LogP contribution < -0.4 is 4.74 Å². The maximum atomic E-state index is 11.9. The van der Waals surface area contributed by atoms with E-state index in [1.165, 1.54) is 23.1 Å². The molecule has 6 heteroatoms. The lowest BCUT2D eigenvalue weighted by Crippen LogP contribution is -2.02. The van der Waals surface area contributed by atoms with Crippen molar-refractivity contribution in [1.29, 1.82) is 0 Å². The number of hydrogen-bond acceptors (Lipinski definition) is 5. The van der Waals surface area contributed by atoms with Gasteiger partial charge in [-0.15, -0.1) is 11.3 Å². The Morgan fingerprint density at radius 1 is 1.56 bits per heavy atom. The number of halogens is 1. The fourth-order valence-corrected chi connectivity index (χ4v) is 3.12. The molecule has 2 rings (SSSR count). The summed E-state index contributed by atoms with van der Waals surface area (Å²) in [5, 5.41) is 2.33. The van der Waals surface area contributed by atoms with Crippen LogP contribution >= 0.6 is 34.7 Å². The van der Waals surface area contributed by atoms with Crippen LogP contribution in [-0.4, -0.2) is 23.6 Å². The van der Waals surface area contributed by atoms with Gasteiger partial charge in [-0.3, -0.25) is 4.79 Å². The van der Waals surface area contributed by atoms with E-state index in [1.54, 1.807) is 31.5 Å². The first-order valence-corrected chi connectivity index (χ1v) is 7.34. The number of rotatable bonds is 5. The molecule has 1 heterocycles. The quantitative estimate of drug-likeness (QED) is 0.622. The number of ether oxygens (including phenoxy) is 1. The molecule has 18 heavy (non-hydrogen) atoms. The van der Waals surface area contributed by atoms with Gasteiger partial charge in [-0.2, -0.15) is 0 Å². The number of methoxy groups -OCH3 is 1. The van der Waals surface area contributed by atoms with E-state index in [9.17, 15) is 4.79 Å². The molecule has 0 aliphatic rings. The molecule has 0 unspecified atom stereocenters. The molecule has 0 fully saturated rings. The van der Waals surface area contributed by atoms with Gasteiger partial charge in [-0.25, -0.2) is 4.98 Å². The minimum Gasteiger partial charge on any atom is -0.495 e. The highest BCUT2D eigenvalue weighted by Gasteiger charge is 2.10. The maximum Gasteiger partial charge on any atom is 0.173 e. The summed E-state index contributed by atoms with van der Waals surface area (Å²) in [4.78, 5) is 16.1. The molecule has 0 aliphatic heterocycles. The predicted molar refractivity (Wildman–Crippen MR) is 75.2 cm³/mol. The van der Waals surface area contributed by atoms with Crippen LogP contribution in [0.3, 0.4) is 0 Å². The Labute approximate surface area is 118 Å². The van der Waals surface area contributed by atoms with E-state index in [1.807, 2.05) is 5.38 Å². The Kier molecular flexibility index (Phi) is 4.63. The third-order valence-electron chi connectivity index (χ3n) is 2.21. The van der Waals surface area contributed by atoms with E-state index >= 15 is 0 Å². The number of thioether (sulfide) groups is 1. The van der Waals surface area contributed by atoms with Gasteiger partial charge in [0, 0.05) is 17.1 Å². The van der Waals surface area contributed by atoms with Gasteiger partial charge >= 0.3 is 0 Å². The van der Waals surface area contributed by atoms with Crippen LogP contribution in [0.2, 0.25) is 5.02 Å². The lowest BCUT2D eigenvalue weighted by molar-refractivity contribution is 0.102. The Balaban J connectivity index is 2.02. The lowest BCUT2D eigenvalue weighted by atomic mass is 10.1. The minimum absolute atomic E-state index is 0.0275. The first-order valence-electron chi connectivity index (χ1n) is 5.09. The van der Waals surface area contributed by atoms with E-state index in [-0.39, 0.29) is 5.78 Å². The number of Topliss-reactive ketones (excluding diaryl/α,β-unsaturated/α-hetero) is 1. The van der Waals surface area contributed by atoms with Gasteiger partial charge in [0.15, 0.2) is 5.78 Å². The summed E-state index contributed by atoms with van der Waals surface area (Å²) in [6, 6.07) is 5.05. The molecule has 0 N–H and O–H groups in total. The summed E-state index contributed by atoms with van der Waals surface area (Å²) in [6.45, 7) is 0. The average molecular weight is 300 g/mol. The van der Waals surface area contributed by atoms with Crippen LogP contribution in [0.4, 0.5) is 0 Å². The smallest absolute Gasteiger partial charge is 0.173 e. The van der Waals surface area contributed by atoms with E-state index in [2.05, 4.69) is 4.98 Å². The molecule has 1 aromatic heterocycles. The van der Waals surface area contributed by atoms with Crippen molar-refractivity contribution in [2.24, 2.45) is 0 Å². The molecule has 0 atom stereocenters. The van der Waals surface area contributed by atoms with E-state index in [0.29, 0.717) is 22.1 Å². The largest absolute Gasteiger partial charge is 0.495 e. The standard InChI is InChI=1S/C12H10ClNO2S2/c1-16-11-3-2-8(6-9(11)13)10(15)7-18-12-14-4-5-17-12/h2-6H,7H2,1H3. The number of benzene rings is 1. The molecule has 0 aliphatic carbocycles. The second kappa shape index (κ2) is 6.22. The Hall–Kier alpha value is -1.04. The van der Waals surface area contributed by atoms with Crippen molar-refractivity contribution in [3.63, 3.8) is 0 Å². The first-order chi connectivity index (χ1) is 8.70. The molecule has 0 saturated carbocycles. The van der Waals surface area contributed by atoms with E-state index in [0.717, 1.165) is 4.34 Å². The first kappa shape index (κ1) is 13.4. The van der Waals surface area contributed by atoms with Crippen molar-refractivity contribution in [3.05, 3.63) is 40.4 Å². The van der Waals surface area contributed by atoms with Crippen LogP contribution in [0.5, 0.6) is 5.75 Å². The van der Waals surface area contributed by atoms with Gasteiger partial charge in [0.1, 0.15) is 10.1 Å². The number of carbonyl (C=O) groups is 1. The molecule has 0 amide bonds. The number of hydrogen-bond donors (Lipinski definition) is 0. The maximum absolute atomic E-state index is 11.9. The van der Waals surface area contributed by atoms with Crippen molar-refractivity contribution in [1.82, 2.24) is 4.98 Å². The van der Waals surface area contributed by atoms with Gasteiger partial charge in [0.25, 0.3) is 0 Å². The SMILES string of the molecule is COc1ccc(C(=O)CSc2nccs2)cc1Cl. The number of aromatic nitrogens is 1. The molecule has 3 nitrogen and oxygen atoms in total. The Bertz CT molecular complexity index is 543. The summed E-state index contributed by atoms with van der Waals surface area (Å²) in [5.41, 5.74) is 0.588. The zero-order valence-corrected chi connectivity index (χ0v) is 11.9. The molecule has 0 radical (unpaired) electrons. The zero-order chi connectivity index (χ0) is 13.0. The van der Waals surface area contributed by atoms with Gasteiger partial charge in [-0.05, 0) is 18.2 Å². The zero-order valence-electron chi connectivity index (χ0n) is 9.55. The number of ketones is 1. The van der Waals surface area contributed by atoms with Crippen LogP contribution in [0.25, 0.3) is 0 Å². The summed E-state index contributed by atoms with van der Waals surface area (Å²) >= 11 is 8.93. The summed E-state index contributed by atoms with van der Waals surface area (Å²) in [7, 11) is 1.54. The Morgan fingerprint density at radius 3 is 3.00 bits per heavy atom. The molecule has 1 aromatic carbocycles. The van der Waals surface area contributed by atoms with Crippen molar-refractivity contribution in [3.8, 4) is 5.75 Å². The number of nitrogens with zero attached hydrogens (tertiary/aromatic N) is 1. The third-order valence-corrected chi connectivity index (χ3v) is 4.47. The van der Waals surface area contributed by atoms with Crippen LogP contribution in [0.1, 0.15) is 10.4 Å². The fraction of sp³-hybridized carbons (Fsp3) is 0.167. The lowest BCUT2D eigenvalue weighted by Gasteiger charge is -2.04. The number of thiazole rings is 1. The normalized spacial score (nSPS) is 10.3. The molecule has 94 valence electrons. The second-order valence-electron chi connectivity index (χ2n) is 3.36. The van der Waals surface area contributed by atoms with Crippen molar-refractivity contribution in [2.45, 2.75) is 4.34 Å². The molecule has 2 aromatic rings. The third kappa shape index (κ3) is 3.25. The van der Waals surface area contributed by atoms with Gasteiger partial charge in [-0.1, -0.05) is 23.4 Å². The molecule has 0 saturated heterocycles. The fourth-order valence-electron chi connectivity index (χ4n) is 1.33. The highest BCUT2D eigenvalue weighted by atomic mass is 35.5. The summed E-state index contributed by atoms with van der Waals surface area (Å²) in [5.74, 6) is 0.955. The molecule has 0 bridgehead atoms. The second-order valence-corrected chi connectivity index (χ2v) is 5.88. The van der Waals surface area contributed by atoms with E-state index < -0.39 is 0 Å². The Morgan fingerprint density at radius 2 is 2.39 bits per heavy atom. The topological polar surface area (TPSA) is 39.2 Å². The molecular weight excluding hydrogens is 290 g/mol. The van der Waals surface area contributed by atoms with Crippen molar-refractivity contribution >= 4 is 40.5 Å². The minimum atomic E-state index is 0.0275. The summed E-state index contributed by atoms with van der Waals surface area (Å²) in [6.07, 6.45) is 1.72. The predicted octanol–water partition coefficient (Wildman–Crippen LogP) is 3.78. The van der Waals surface area contributed by atoms with Crippen molar-refractivity contribution < 1.29 is 9.53 Å². The summed E-state index contributed by atoms with van der Waals surface area (Å²) < 4.78 is 5.93. The number of carbonyl (C=O) groups excluding carboxylic acids is 1.